The fourth-order valence-electron chi connectivity index (χ4n) is 5.89. The van der Waals surface area contributed by atoms with E-state index in [4.69, 9.17) is 4.74 Å². The number of hydrogen-bond donors (Lipinski definition) is 2. The molecule has 8 nitrogen and oxygen atoms in total. The Morgan fingerprint density at radius 1 is 0.898 bits per heavy atom. The largest absolute Gasteiger partial charge is 0.361 e. The number of aromatic nitrogens is 2. The van der Waals surface area contributed by atoms with Crippen LogP contribution in [0.25, 0.3) is 11.4 Å². The maximum atomic E-state index is 14.2. The number of nitrogens with zero attached hydrogens (tertiary/aromatic N) is 3. The van der Waals surface area contributed by atoms with Gasteiger partial charge in [0.1, 0.15) is 24.2 Å². The predicted molar refractivity (Wildman–Crippen MR) is 189 cm³/mol. The highest BCUT2D eigenvalue weighted by Gasteiger charge is 2.22. The average molecular weight is 674 g/mol. The van der Waals surface area contributed by atoms with Gasteiger partial charge >= 0.3 is 0 Å². The molecule has 10 heteroatoms. The van der Waals surface area contributed by atoms with E-state index in [0.717, 1.165) is 30.9 Å². The van der Waals surface area contributed by atoms with Crippen LogP contribution in [0.3, 0.4) is 0 Å². The zero-order valence-corrected chi connectivity index (χ0v) is 29.1. The van der Waals surface area contributed by atoms with E-state index in [-0.39, 0.29) is 19.1 Å². The number of carbonyl (C=O) groups excluding carboxylic acids is 2. The highest BCUT2D eigenvalue weighted by atomic mass is 19.1. The molecular weight excluding hydrogens is 624 g/mol. The highest BCUT2D eigenvalue weighted by molar-refractivity contribution is 6.01. The van der Waals surface area contributed by atoms with Crippen molar-refractivity contribution in [3.05, 3.63) is 113 Å². The van der Waals surface area contributed by atoms with E-state index in [1.54, 1.807) is 35.5 Å². The van der Waals surface area contributed by atoms with Crippen LogP contribution in [-0.2, 0) is 30.9 Å². The van der Waals surface area contributed by atoms with Gasteiger partial charge in [0.25, 0.3) is 11.8 Å². The summed E-state index contributed by atoms with van der Waals surface area (Å²) in [6.07, 6.45) is 6.73. The first-order chi connectivity index (χ1) is 23.7. The maximum absolute atomic E-state index is 14.2. The van der Waals surface area contributed by atoms with Crippen LogP contribution in [0.1, 0.15) is 84.4 Å². The lowest BCUT2D eigenvalue weighted by atomic mass is 10.00. The van der Waals surface area contributed by atoms with Gasteiger partial charge in [0.2, 0.25) is 0 Å². The molecule has 0 radical (unpaired) electrons. The minimum Gasteiger partial charge on any atom is -0.361 e. The van der Waals surface area contributed by atoms with Gasteiger partial charge in [0.15, 0.2) is 0 Å². The van der Waals surface area contributed by atoms with E-state index >= 15 is 0 Å². The lowest BCUT2D eigenvalue weighted by molar-refractivity contribution is 0.0755. The molecule has 2 amide bonds. The SMILES string of the molecule is CCCN(CCC)C(=O)c1cc(C(=O)N[C@H](CCNCc2cccc(CC)c2)Cc2cc(F)cc(F)c2)cc(-c2nccn2COCC)c1. The number of ether oxygens (including phenoxy) is 1. The van der Waals surface area contributed by atoms with Crippen LogP contribution in [-0.4, -0.2) is 58.5 Å². The number of carbonyl (C=O) groups is 2. The predicted octanol–water partition coefficient (Wildman–Crippen LogP) is 7.17. The summed E-state index contributed by atoms with van der Waals surface area (Å²) in [5.41, 5.74) is 4.13. The molecule has 49 heavy (non-hydrogen) atoms. The van der Waals surface area contributed by atoms with Crippen molar-refractivity contribution in [3.63, 3.8) is 0 Å². The van der Waals surface area contributed by atoms with Crippen molar-refractivity contribution in [3.8, 4) is 11.4 Å². The van der Waals surface area contributed by atoms with Gasteiger partial charge in [0, 0.05) is 67.4 Å². The molecule has 0 unspecified atom stereocenters. The molecule has 0 aliphatic heterocycles. The van der Waals surface area contributed by atoms with Crippen LogP contribution in [0.5, 0.6) is 0 Å². The first kappa shape index (κ1) is 37.4. The monoisotopic (exact) mass is 673 g/mol. The summed E-state index contributed by atoms with van der Waals surface area (Å²) in [5.74, 6) is -1.33. The van der Waals surface area contributed by atoms with Crippen LogP contribution in [0.15, 0.2) is 73.1 Å². The molecule has 0 saturated carbocycles. The minimum absolute atomic E-state index is 0.161. The smallest absolute Gasteiger partial charge is 0.253 e. The molecule has 3 aromatic carbocycles. The van der Waals surface area contributed by atoms with Crippen molar-refractivity contribution in [1.82, 2.24) is 25.1 Å². The quantitative estimate of drug-likeness (QED) is 0.103. The molecule has 0 bridgehead atoms. The Bertz CT molecular complexity index is 1650. The number of amides is 2. The topological polar surface area (TPSA) is 88.5 Å². The third-order valence-corrected chi connectivity index (χ3v) is 8.26. The van der Waals surface area contributed by atoms with Crippen molar-refractivity contribution in [2.24, 2.45) is 0 Å². The zero-order valence-electron chi connectivity index (χ0n) is 29.1. The Balaban J connectivity index is 1.62. The Labute approximate surface area is 288 Å². The van der Waals surface area contributed by atoms with Gasteiger partial charge in [-0.25, -0.2) is 13.8 Å². The standard InChI is InChI=1S/C39H49F2N5O3/c1-5-15-45(16-6-2)39(48)33-23-31(37-43-14-17-46(37)27-49-8-4)22-32(24-33)38(47)44-36(21-30-19-34(40)25-35(41)20-30)12-13-42-26-29-11-9-10-28(7-3)18-29/h9-11,14,17-20,22-25,36,42H,5-8,12-13,15-16,21,26-27H2,1-4H3,(H,44,47)/t36-/m1/s1. The van der Waals surface area contributed by atoms with Crippen molar-refractivity contribution in [2.45, 2.75) is 79.1 Å². The molecule has 1 heterocycles. The molecule has 1 atom stereocenters. The van der Waals surface area contributed by atoms with Crippen LogP contribution < -0.4 is 10.6 Å². The highest BCUT2D eigenvalue weighted by Crippen LogP contribution is 2.24. The number of halogens is 2. The van der Waals surface area contributed by atoms with Crippen molar-refractivity contribution >= 4 is 11.8 Å². The molecule has 0 aliphatic carbocycles. The molecule has 0 aliphatic rings. The van der Waals surface area contributed by atoms with Gasteiger partial charge in [-0.1, -0.05) is 45.0 Å². The lowest BCUT2D eigenvalue weighted by Crippen LogP contribution is -2.39. The summed E-state index contributed by atoms with van der Waals surface area (Å²) in [4.78, 5) is 34.1. The molecule has 1 aromatic heterocycles. The molecule has 0 saturated heterocycles. The molecule has 2 N–H and O–H groups in total. The normalized spacial score (nSPS) is 11.8. The van der Waals surface area contributed by atoms with Crippen molar-refractivity contribution in [1.29, 1.82) is 0 Å². The average Bonchev–Trinajstić information content (AvgIpc) is 3.57. The van der Waals surface area contributed by atoms with E-state index < -0.39 is 23.6 Å². The minimum atomic E-state index is -0.670. The number of benzene rings is 3. The fraction of sp³-hybridized carbons (Fsp3) is 0.410. The summed E-state index contributed by atoms with van der Waals surface area (Å²) in [6.45, 7) is 11.3. The first-order valence-corrected chi connectivity index (χ1v) is 17.3. The van der Waals surface area contributed by atoms with E-state index in [1.807, 2.05) is 31.4 Å². The summed E-state index contributed by atoms with van der Waals surface area (Å²) in [6, 6.07) is 16.4. The van der Waals surface area contributed by atoms with Crippen LogP contribution in [0, 0.1) is 11.6 Å². The van der Waals surface area contributed by atoms with Crippen LogP contribution in [0.4, 0.5) is 8.78 Å². The second-order valence-electron chi connectivity index (χ2n) is 12.2. The van der Waals surface area contributed by atoms with Crippen LogP contribution in [0.2, 0.25) is 0 Å². The molecule has 262 valence electrons. The van der Waals surface area contributed by atoms with Crippen LogP contribution >= 0.6 is 0 Å². The van der Waals surface area contributed by atoms with Gasteiger partial charge in [0.05, 0.1) is 0 Å². The number of rotatable bonds is 19. The molecular formula is C39H49F2N5O3. The van der Waals surface area contributed by atoms with E-state index in [2.05, 4.69) is 40.7 Å². The summed E-state index contributed by atoms with van der Waals surface area (Å²) >= 11 is 0. The Kier molecular flexibility index (Phi) is 14.5. The maximum Gasteiger partial charge on any atom is 0.253 e. The second-order valence-corrected chi connectivity index (χ2v) is 12.2. The number of aryl methyl sites for hydroxylation is 1. The van der Waals surface area contributed by atoms with E-state index in [1.165, 1.54) is 17.7 Å². The Morgan fingerprint density at radius 2 is 1.61 bits per heavy atom. The van der Waals surface area contributed by atoms with Gasteiger partial charge in [-0.2, -0.15) is 0 Å². The van der Waals surface area contributed by atoms with Gasteiger partial charge < -0.3 is 24.8 Å². The second kappa shape index (κ2) is 19.0. The number of nitrogens with one attached hydrogen (secondary N) is 2. The van der Waals surface area contributed by atoms with Gasteiger partial charge in [-0.15, -0.1) is 0 Å². The zero-order chi connectivity index (χ0) is 35.2. The summed E-state index contributed by atoms with van der Waals surface area (Å²) < 4.78 is 35.8. The molecule has 0 fully saturated rings. The third kappa shape index (κ3) is 11.1. The number of imidazole rings is 1. The summed E-state index contributed by atoms with van der Waals surface area (Å²) in [5, 5.41) is 6.55. The van der Waals surface area contributed by atoms with E-state index in [9.17, 15) is 18.4 Å². The molecule has 4 aromatic rings. The molecule has 0 spiro atoms. The lowest BCUT2D eigenvalue weighted by Gasteiger charge is -2.23. The van der Waals surface area contributed by atoms with Gasteiger partial charge in [-0.3, -0.25) is 9.59 Å². The van der Waals surface area contributed by atoms with Gasteiger partial charge in [-0.05, 0) is 92.6 Å². The Hall–Kier alpha value is -4.41. The number of hydrogen-bond acceptors (Lipinski definition) is 5. The first-order valence-electron chi connectivity index (χ1n) is 17.3. The van der Waals surface area contributed by atoms with Crippen molar-refractivity contribution < 1.29 is 23.1 Å². The van der Waals surface area contributed by atoms with Crippen molar-refractivity contribution in [2.75, 3.05) is 26.2 Å². The fourth-order valence-corrected chi connectivity index (χ4v) is 5.89. The molecule has 4 rings (SSSR count). The van der Waals surface area contributed by atoms with E-state index in [0.29, 0.717) is 67.3 Å². The third-order valence-electron chi connectivity index (χ3n) is 8.26. The Morgan fingerprint density at radius 3 is 2.31 bits per heavy atom. The summed E-state index contributed by atoms with van der Waals surface area (Å²) in [7, 11) is 0.